The number of nitrogens with two attached hydrogens (primary N) is 1. The van der Waals surface area contributed by atoms with E-state index in [1.807, 2.05) is 0 Å². The average Bonchev–Trinajstić information content (AvgIpc) is 2.75. The Morgan fingerprint density at radius 1 is 1.12 bits per heavy atom. The lowest BCUT2D eigenvalue weighted by Gasteiger charge is -1.99. The monoisotopic (exact) mass is 259 g/mol. The van der Waals surface area contributed by atoms with Crippen LogP contribution in [0, 0.1) is 17.5 Å². The lowest BCUT2D eigenvalue weighted by atomic mass is 10.2. The Morgan fingerprint density at radius 3 is 2.59 bits per heavy atom. The van der Waals surface area contributed by atoms with Crippen LogP contribution in [0.3, 0.4) is 0 Å². The summed E-state index contributed by atoms with van der Waals surface area (Å²) in [6, 6.07) is 2.00. The molecule has 0 bridgehead atoms. The molecule has 7 heteroatoms. The molecular weight excluding hydrogens is 251 g/mol. The molecule has 0 aliphatic heterocycles. The predicted molar refractivity (Wildman–Crippen MR) is 58.0 cm³/mol. The highest BCUT2D eigenvalue weighted by atomic mass is 32.1. The van der Waals surface area contributed by atoms with Crippen molar-refractivity contribution >= 4 is 11.3 Å². The lowest BCUT2D eigenvalue weighted by Crippen LogP contribution is -2.01. The Morgan fingerprint density at radius 2 is 1.88 bits per heavy atom. The molecule has 2 aromatic rings. The van der Waals surface area contributed by atoms with Crippen molar-refractivity contribution in [3.63, 3.8) is 0 Å². The first-order valence-electron chi connectivity index (χ1n) is 4.79. The molecule has 0 aliphatic carbocycles. The van der Waals surface area contributed by atoms with Crippen molar-refractivity contribution < 1.29 is 13.2 Å². The van der Waals surface area contributed by atoms with Crippen molar-refractivity contribution in [2.75, 3.05) is 6.54 Å². The molecule has 0 saturated carbocycles. The predicted octanol–water partition coefficient (Wildman–Crippen LogP) is 2.12. The van der Waals surface area contributed by atoms with Gasteiger partial charge in [-0.3, -0.25) is 0 Å². The Hall–Kier alpha value is -1.47. The van der Waals surface area contributed by atoms with Crippen LogP contribution in [0.25, 0.3) is 10.6 Å². The molecule has 3 nitrogen and oxygen atoms in total. The highest BCUT2D eigenvalue weighted by molar-refractivity contribution is 7.14. The molecule has 0 spiro atoms. The minimum atomic E-state index is -1.50. The molecule has 0 amide bonds. The Balaban J connectivity index is 2.42. The largest absolute Gasteiger partial charge is 0.330 e. The van der Waals surface area contributed by atoms with E-state index in [1.165, 1.54) is 0 Å². The van der Waals surface area contributed by atoms with Crippen LogP contribution in [0.1, 0.15) is 5.01 Å². The number of hydrogen-bond acceptors (Lipinski definition) is 4. The minimum absolute atomic E-state index is 0.0929. The summed E-state index contributed by atoms with van der Waals surface area (Å²) in [5, 5.41) is 8.35. The first kappa shape index (κ1) is 12.0. The third-order valence-electron chi connectivity index (χ3n) is 2.09. The van der Waals surface area contributed by atoms with Gasteiger partial charge in [-0.1, -0.05) is 11.3 Å². The second kappa shape index (κ2) is 4.80. The van der Waals surface area contributed by atoms with Gasteiger partial charge >= 0.3 is 0 Å². The molecule has 1 aromatic heterocycles. The van der Waals surface area contributed by atoms with E-state index in [1.54, 1.807) is 0 Å². The second-order valence-corrected chi connectivity index (χ2v) is 4.32. The second-order valence-electron chi connectivity index (χ2n) is 3.26. The lowest BCUT2D eigenvalue weighted by molar-refractivity contribution is 0.449. The van der Waals surface area contributed by atoms with Gasteiger partial charge in [0.15, 0.2) is 22.5 Å². The van der Waals surface area contributed by atoms with Gasteiger partial charge in [0.05, 0.1) is 5.56 Å². The van der Waals surface area contributed by atoms with Crippen molar-refractivity contribution in [2.45, 2.75) is 6.42 Å². The number of aromatic nitrogens is 2. The normalized spacial score (nSPS) is 10.8. The van der Waals surface area contributed by atoms with Crippen LogP contribution in [-0.2, 0) is 6.42 Å². The number of nitrogens with zero attached hydrogens (tertiary/aromatic N) is 2. The summed E-state index contributed by atoms with van der Waals surface area (Å²) in [6.07, 6.45) is 0.517. The first-order chi connectivity index (χ1) is 8.13. The molecule has 0 unspecified atom stereocenters. The Labute approximate surface area is 99.1 Å². The maximum atomic E-state index is 13.4. The SMILES string of the molecule is NCCc1nnc(-c2ccc(F)c(F)c2F)s1. The number of hydrogen-bond donors (Lipinski definition) is 1. The van der Waals surface area contributed by atoms with Gasteiger partial charge in [0.25, 0.3) is 0 Å². The van der Waals surface area contributed by atoms with Gasteiger partial charge < -0.3 is 5.73 Å². The topological polar surface area (TPSA) is 51.8 Å². The third-order valence-corrected chi connectivity index (χ3v) is 3.11. The highest BCUT2D eigenvalue weighted by Crippen LogP contribution is 2.28. The van der Waals surface area contributed by atoms with E-state index in [0.29, 0.717) is 18.0 Å². The summed E-state index contributed by atoms with van der Waals surface area (Å²) in [5.74, 6) is -3.98. The summed E-state index contributed by atoms with van der Waals surface area (Å²) in [4.78, 5) is 0. The molecule has 2 rings (SSSR count). The molecule has 0 aliphatic rings. The van der Waals surface area contributed by atoms with E-state index < -0.39 is 17.5 Å². The average molecular weight is 259 g/mol. The number of rotatable bonds is 3. The molecular formula is C10H8F3N3S. The van der Waals surface area contributed by atoms with Crippen molar-refractivity contribution in [2.24, 2.45) is 5.73 Å². The first-order valence-corrected chi connectivity index (χ1v) is 5.61. The van der Waals surface area contributed by atoms with Gasteiger partial charge in [-0.15, -0.1) is 10.2 Å². The van der Waals surface area contributed by atoms with Crippen LogP contribution in [0.5, 0.6) is 0 Å². The summed E-state index contributed by atoms with van der Waals surface area (Å²) >= 11 is 1.11. The fourth-order valence-electron chi connectivity index (χ4n) is 1.28. The smallest absolute Gasteiger partial charge is 0.195 e. The summed E-state index contributed by atoms with van der Waals surface area (Å²) in [6.45, 7) is 0.398. The quantitative estimate of drug-likeness (QED) is 0.859. The van der Waals surface area contributed by atoms with E-state index in [4.69, 9.17) is 5.73 Å². The fourth-order valence-corrected chi connectivity index (χ4v) is 2.15. The zero-order valence-electron chi connectivity index (χ0n) is 8.58. The van der Waals surface area contributed by atoms with Crippen LogP contribution in [0.15, 0.2) is 12.1 Å². The van der Waals surface area contributed by atoms with E-state index in [0.717, 1.165) is 23.5 Å². The molecule has 2 N–H and O–H groups in total. The Kier molecular flexibility index (Phi) is 3.39. The van der Waals surface area contributed by atoms with Gasteiger partial charge in [-0.05, 0) is 18.7 Å². The van der Waals surface area contributed by atoms with Gasteiger partial charge in [0.1, 0.15) is 5.01 Å². The highest BCUT2D eigenvalue weighted by Gasteiger charge is 2.17. The van der Waals surface area contributed by atoms with Crippen LogP contribution < -0.4 is 5.73 Å². The summed E-state index contributed by atoms with van der Waals surface area (Å²) in [7, 11) is 0. The summed E-state index contributed by atoms with van der Waals surface area (Å²) in [5.41, 5.74) is 5.24. The maximum absolute atomic E-state index is 13.4. The van der Waals surface area contributed by atoms with Crippen LogP contribution >= 0.6 is 11.3 Å². The number of benzene rings is 1. The van der Waals surface area contributed by atoms with E-state index >= 15 is 0 Å². The van der Waals surface area contributed by atoms with E-state index in [-0.39, 0.29) is 10.6 Å². The van der Waals surface area contributed by atoms with Gasteiger partial charge in [-0.25, -0.2) is 13.2 Å². The fraction of sp³-hybridized carbons (Fsp3) is 0.200. The molecule has 1 heterocycles. The standard InChI is InChI=1S/C10H8F3N3S/c11-6-2-1-5(8(12)9(6)13)10-16-15-7(17-10)3-4-14/h1-2H,3-4,14H2. The van der Waals surface area contributed by atoms with Gasteiger partial charge in [0, 0.05) is 6.42 Å². The molecule has 0 fully saturated rings. The van der Waals surface area contributed by atoms with E-state index in [2.05, 4.69) is 10.2 Å². The molecule has 0 atom stereocenters. The van der Waals surface area contributed by atoms with Gasteiger partial charge in [-0.2, -0.15) is 0 Å². The van der Waals surface area contributed by atoms with Crippen LogP contribution in [0.4, 0.5) is 13.2 Å². The molecule has 1 aromatic carbocycles. The van der Waals surface area contributed by atoms with Crippen molar-refractivity contribution in [1.82, 2.24) is 10.2 Å². The van der Waals surface area contributed by atoms with Crippen LogP contribution in [-0.4, -0.2) is 16.7 Å². The number of halogens is 3. The van der Waals surface area contributed by atoms with Gasteiger partial charge in [0.2, 0.25) is 0 Å². The van der Waals surface area contributed by atoms with E-state index in [9.17, 15) is 13.2 Å². The third kappa shape index (κ3) is 2.29. The van der Waals surface area contributed by atoms with Crippen molar-refractivity contribution in [1.29, 1.82) is 0 Å². The summed E-state index contributed by atoms with van der Waals surface area (Å²) < 4.78 is 39.2. The maximum Gasteiger partial charge on any atom is 0.195 e. The van der Waals surface area contributed by atoms with Crippen molar-refractivity contribution in [3.8, 4) is 10.6 Å². The molecule has 90 valence electrons. The minimum Gasteiger partial charge on any atom is -0.330 e. The molecule has 0 radical (unpaired) electrons. The van der Waals surface area contributed by atoms with Crippen LogP contribution in [0.2, 0.25) is 0 Å². The Bertz CT molecular complexity index is 542. The zero-order valence-corrected chi connectivity index (χ0v) is 9.40. The molecule has 17 heavy (non-hydrogen) atoms. The zero-order chi connectivity index (χ0) is 12.4. The molecule has 0 saturated heterocycles. The van der Waals surface area contributed by atoms with Crippen molar-refractivity contribution in [3.05, 3.63) is 34.6 Å².